The predicted octanol–water partition coefficient (Wildman–Crippen LogP) is 4.37. The summed E-state index contributed by atoms with van der Waals surface area (Å²) in [5, 5.41) is 3.11. The summed E-state index contributed by atoms with van der Waals surface area (Å²) in [6.07, 6.45) is 0. The van der Waals surface area contributed by atoms with E-state index in [9.17, 15) is 13.2 Å². The lowest BCUT2D eigenvalue weighted by molar-refractivity contribution is 0.585. The SMILES string of the molecule is Fc1ccc(NCc2cc(F)ccc2Cl)c(F)c1. The van der Waals surface area contributed by atoms with Crippen molar-refractivity contribution in [1.82, 2.24) is 0 Å². The summed E-state index contributed by atoms with van der Waals surface area (Å²) >= 11 is 5.87. The van der Waals surface area contributed by atoms with Crippen molar-refractivity contribution in [2.45, 2.75) is 6.54 Å². The Hall–Kier alpha value is -1.68. The first-order valence-electron chi connectivity index (χ1n) is 5.19. The molecule has 5 heteroatoms. The molecule has 0 saturated heterocycles. The Balaban J connectivity index is 2.13. The van der Waals surface area contributed by atoms with E-state index in [-0.39, 0.29) is 12.2 Å². The van der Waals surface area contributed by atoms with Gasteiger partial charge < -0.3 is 5.32 Å². The van der Waals surface area contributed by atoms with Crippen molar-refractivity contribution in [2.75, 3.05) is 5.32 Å². The van der Waals surface area contributed by atoms with E-state index < -0.39 is 17.5 Å². The lowest BCUT2D eigenvalue weighted by Crippen LogP contribution is -2.02. The molecule has 2 aromatic carbocycles. The standard InChI is InChI=1S/C13H9ClF3N/c14-11-3-1-9(15)5-8(11)7-18-13-4-2-10(16)6-12(13)17/h1-6,18H,7H2. The van der Waals surface area contributed by atoms with Crippen LogP contribution < -0.4 is 5.32 Å². The molecule has 0 saturated carbocycles. The van der Waals surface area contributed by atoms with E-state index in [1.165, 1.54) is 24.3 Å². The number of rotatable bonds is 3. The smallest absolute Gasteiger partial charge is 0.149 e. The normalized spacial score (nSPS) is 10.4. The Bertz CT molecular complexity index is 572. The molecular formula is C13H9ClF3N. The van der Waals surface area contributed by atoms with Crippen LogP contribution in [0.15, 0.2) is 36.4 Å². The summed E-state index contributed by atoms with van der Waals surface area (Å²) in [5.74, 6) is -1.78. The van der Waals surface area contributed by atoms with Gasteiger partial charge in [0.1, 0.15) is 17.5 Å². The number of benzene rings is 2. The molecule has 1 N–H and O–H groups in total. The van der Waals surface area contributed by atoms with Crippen molar-refractivity contribution in [3.8, 4) is 0 Å². The van der Waals surface area contributed by atoms with Gasteiger partial charge >= 0.3 is 0 Å². The molecule has 2 rings (SSSR count). The summed E-state index contributed by atoms with van der Waals surface area (Å²) in [6.45, 7) is 0.152. The highest BCUT2D eigenvalue weighted by atomic mass is 35.5. The van der Waals surface area contributed by atoms with Crippen LogP contribution in [0.4, 0.5) is 18.9 Å². The van der Waals surface area contributed by atoms with Crippen molar-refractivity contribution in [3.05, 3.63) is 64.4 Å². The van der Waals surface area contributed by atoms with Gasteiger partial charge in [-0.25, -0.2) is 13.2 Å². The highest BCUT2D eigenvalue weighted by Crippen LogP contribution is 2.20. The molecule has 0 unspecified atom stereocenters. The summed E-state index contributed by atoms with van der Waals surface area (Å²) < 4.78 is 39.0. The van der Waals surface area contributed by atoms with Gasteiger partial charge in [0.25, 0.3) is 0 Å². The maximum absolute atomic E-state index is 13.3. The zero-order valence-electron chi connectivity index (χ0n) is 9.18. The molecule has 0 aliphatic rings. The Morgan fingerprint density at radius 2 is 1.61 bits per heavy atom. The first kappa shape index (κ1) is 12.8. The van der Waals surface area contributed by atoms with Crippen LogP contribution in [0.5, 0.6) is 0 Å². The van der Waals surface area contributed by atoms with Gasteiger partial charge in [0.15, 0.2) is 0 Å². The van der Waals surface area contributed by atoms with Gasteiger partial charge in [-0.2, -0.15) is 0 Å². The van der Waals surface area contributed by atoms with Crippen LogP contribution >= 0.6 is 11.6 Å². The Morgan fingerprint density at radius 1 is 0.944 bits per heavy atom. The van der Waals surface area contributed by atoms with E-state index in [0.29, 0.717) is 10.6 Å². The second kappa shape index (κ2) is 5.31. The molecule has 0 aliphatic carbocycles. The summed E-state index contributed by atoms with van der Waals surface area (Å²) in [6, 6.07) is 7.11. The topological polar surface area (TPSA) is 12.0 Å². The summed E-state index contributed by atoms with van der Waals surface area (Å²) in [4.78, 5) is 0. The van der Waals surface area contributed by atoms with Gasteiger partial charge in [0.2, 0.25) is 0 Å². The van der Waals surface area contributed by atoms with E-state index in [1.807, 2.05) is 0 Å². The Morgan fingerprint density at radius 3 is 2.33 bits per heavy atom. The van der Waals surface area contributed by atoms with Crippen LogP contribution in [0.3, 0.4) is 0 Å². The number of hydrogen-bond acceptors (Lipinski definition) is 1. The third-order valence-corrected chi connectivity index (χ3v) is 2.78. The van der Waals surface area contributed by atoms with Gasteiger partial charge in [-0.1, -0.05) is 11.6 Å². The van der Waals surface area contributed by atoms with Crippen molar-refractivity contribution in [3.63, 3.8) is 0 Å². The van der Waals surface area contributed by atoms with E-state index in [1.54, 1.807) is 0 Å². The van der Waals surface area contributed by atoms with E-state index >= 15 is 0 Å². The van der Waals surface area contributed by atoms with Crippen LogP contribution in [0.25, 0.3) is 0 Å². The maximum Gasteiger partial charge on any atom is 0.149 e. The van der Waals surface area contributed by atoms with Crippen molar-refractivity contribution < 1.29 is 13.2 Å². The minimum Gasteiger partial charge on any atom is -0.379 e. The van der Waals surface area contributed by atoms with Crippen molar-refractivity contribution in [1.29, 1.82) is 0 Å². The van der Waals surface area contributed by atoms with Crippen LogP contribution in [0.1, 0.15) is 5.56 Å². The molecule has 0 amide bonds. The van der Waals surface area contributed by atoms with Gasteiger partial charge in [-0.15, -0.1) is 0 Å². The fourth-order valence-corrected chi connectivity index (χ4v) is 1.69. The average Bonchev–Trinajstić information content (AvgIpc) is 2.32. The van der Waals surface area contributed by atoms with Crippen molar-refractivity contribution >= 4 is 17.3 Å². The largest absolute Gasteiger partial charge is 0.379 e. The first-order valence-corrected chi connectivity index (χ1v) is 5.57. The first-order chi connectivity index (χ1) is 8.56. The lowest BCUT2D eigenvalue weighted by Gasteiger charge is -2.09. The fraction of sp³-hybridized carbons (Fsp3) is 0.0769. The molecule has 0 atom stereocenters. The second-order valence-electron chi connectivity index (χ2n) is 3.71. The molecular weight excluding hydrogens is 263 g/mol. The minimum atomic E-state index is -0.706. The molecule has 0 spiro atoms. The highest BCUT2D eigenvalue weighted by Gasteiger charge is 2.06. The zero-order chi connectivity index (χ0) is 13.1. The molecule has 0 bridgehead atoms. The zero-order valence-corrected chi connectivity index (χ0v) is 9.94. The van der Waals surface area contributed by atoms with Crippen LogP contribution in [0.2, 0.25) is 5.02 Å². The second-order valence-corrected chi connectivity index (χ2v) is 4.12. The van der Waals surface area contributed by atoms with E-state index in [4.69, 9.17) is 11.6 Å². The molecule has 0 heterocycles. The molecule has 0 aromatic heterocycles. The third kappa shape index (κ3) is 2.96. The Labute approximate surface area is 107 Å². The fourth-order valence-electron chi connectivity index (χ4n) is 1.50. The van der Waals surface area contributed by atoms with Gasteiger partial charge in [0.05, 0.1) is 5.69 Å². The van der Waals surface area contributed by atoms with Crippen LogP contribution in [0, 0.1) is 17.5 Å². The van der Waals surface area contributed by atoms with E-state index in [0.717, 1.165) is 12.1 Å². The minimum absolute atomic E-state index is 0.136. The number of anilines is 1. The van der Waals surface area contributed by atoms with Crippen LogP contribution in [-0.4, -0.2) is 0 Å². The number of nitrogens with one attached hydrogen (secondary N) is 1. The quantitative estimate of drug-likeness (QED) is 0.874. The van der Waals surface area contributed by atoms with Crippen LogP contribution in [-0.2, 0) is 6.54 Å². The average molecular weight is 272 g/mol. The Kier molecular flexibility index (Phi) is 3.77. The number of hydrogen-bond donors (Lipinski definition) is 1. The molecule has 0 aliphatic heterocycles. The molecule has 0 radical (unpaired) electrons. The van der Waals surface area contributed by atoms with Gasteiger partial charge in [-0.05, 0) is 35.9 Å². The predicted molar refractivity (Wildman–Crippen MR) is 65.1 cm³/mol. The molecule has 2 aromatic rings. The molecule has 94 valence electrons. The maximum atomic E-state index is 13.3. The highest BCUT2D eigenvalue weighted by molar-refractivity contribution is 6.31. The van der Waals surface area contributed by atoms with Gasteiger partial charge in [-0.3, -0.25) is 0 Å². The van der Waals surface area contributed by atoms with E-state index in [2.05, 4.69) is 5.32 Å². The summed E-state index contributed by atoms with van der Waals surface area (Å²) in [7, 11) is 0. The summed E-state index contributed by atoms with van der Waals surface area (Å²) in [5.41, 5.74) is 0.636. The van der Waals surface area contributed by atoms with Gasteiger partial charge in [0, 0.05) is 17.6 Å². The monoisotopic (exact) mass is 271 g/mol. The molecule has 18 heavy (non-hydrogen) atoms. The van der Waals surface area contributed by atoms with Crippen molar-refractivity contribution in [2.24, 2.45) is 0 Å². The molecule has 0 fully saturated rings. The lowest BCUT2D eigenvalue weighted by atomic mass is 10.2. The molecule has 1 nitrogen and oxygen atoms in total. The third-order valence-electron chi connectivity index (χ3n) is 2.41. The number of halogens is 4.